The summed E-state index contributed by atoms with van der Waals surface area (Å²) in [6.45, 7) is 3.37. The summed E-state index contributed by atoms with van der Waals surface area (Å²) >= 11 is 1.04. The molecule has 7 heteroatoms. The highest BCUT2D eigenvalue weighted by Crippen LogP contribution is 2.25. The summed E-state index contributed by atoms with van der Waals surface area (Å²) < 4.78 is 29.4. The lowest BCUT2D eigenvalue weighted by Crippen LogP contribution is -2.18. The summed E-state index contributed by atoms with van der Waals surface area (Å²) in [5.74, 6) is -1.51. The molecule has 0 aliphatic carbocycles. The van der Waals surface area contributed by atoms with E-state index in [4.69, 9.17) is 0 Å². The number of benzene rings is 1. The van der Waals surface area contributed by atoms with E-state index in [1.54, 1.807) is 24.3 Å². The van der Waals surface area contributed by atoms with Gasteiger partial charge >= 0.3 is 5.97 Å². The van der Waals surface area contributed by atoms with Gasteiger partial charge in [-0.2, -0.15) is 0 Å². The quantitative estimate of drug-likeness (QED) is 0.621. The van der Waals surface area contributed by atoms with Crippen LogP contribution in [-0.2, 0) is 19.4 Å². The number of carbonyl (C=O) groups is 1. The van der Waals surface area contributed by atoms with Crippen LogP contribution < -0.4 is 0 Å². The normalized spacial score (nSPS) is 11.4. The van der Waals surface area contributed by atoms with Crippen LogP contribution in [0.15, 0.2) is 41.3 Å². The minimum absolute atomic E-state index is 0.00576. The van der Waals surface area contributed by atoms with E-state index in [2.05, 4.69) is 16.3 Å². The SMILES string of the molecule is C=CCOC(=O)CS(=O)(=O)c1nc2ccccc2s1. The van der Waals surface area contributed by atoms with Crippen LogP contribution in [0.1, 0.15) is 0 Å². The lowest BCUT2D eigenvalue weighted by molar-refractivity contribution is -0.139. The topological polar surface area (TPSA) is 73.3 Å². The van der Waals surface area contributed by atoms with E-state index in [0.717, 1.165) is 16.0 Å². The molecule has 0 aliphatic heterocycles. The number of fused-ring (bicyclic) bond motifs is 1. The molecule has 2 rings (SSSR count). The lowest BCUT2D eigenvalue weighted by atomic mass is 10.3. The fraction of sp³-hybridized carbons (Fsp3) is 0.167. The Morgan fingerprint density at radius 3 is 2.84 bits per heavy atom. The average molecular weight is 297 g/mol. The molecule has 0 bridgehead atoms. The van der Waals surface area contributed by atoms with Crippen LogP contribution in [0.2, 0.25) is 0 Å². The van der Waals surface area contributed by atoms with E-state index < -0.39 is 21.6 Å². The summed E-state index contributed by atoms with van der Waals surface area (Å²) in [6, 6.07) is 7.08. The summed E-state index contributed by atoms with van der Waals surface area (Å²) in [4.78, 5) is 15.4. The Labute approximate surface area is 114 Å². The van der Waals surface area contributed by atoms with Gasteiger partial charge in [0.2, 0.25) is 14.2 Å². The van der Waals surface area contributed by atoms with E-state index in [1.165, 1.54) is 6.08 Å². The monoisotopic (exact) mass is 297 g/mol. The molecule has 0 N–H and O–H groups in total. The zero-order chi connectivity index (χ0) is 13.9. The summed E-state index contributed by atoms with van der Waals surface area (Å²) in [5.41, 5.74) is 0.602. The smallest absolute Gasteiger partial charge is 0.321 e. The Bertz CT molecular complexity index is 685. The Balaban J connectivity index is 2.24. The predicted octanol–water partition coefficient (Wildman–Crippen LogP) is 1.80. The van der Waals surface area contributed by atoms with Crippen LogP contribution in [0.25, 0.3) is 10.2 Å². The second-order valence-electron chi connectivity index (χ2n) is 3.68. The second-order valence-corrected chi connectivity index (χ2v) is 6.87. The first-order valence-corrected chi connectivity index (χ1v) is 7.84. The number of esters is 1. The third kappa shape index (κ3) is 3.18. The molecule has 1 aromatic carbocycles. The first kappa shape index (κ1) is 13.7. The standard InChI is InChI=1S/C12H11NO4S2/c1-2-7-17-11(14)8-19(15,16)12-13-9-5-3-4-6-10(9)18-12/h2-6H,1,7-8H2. The summed E-state index contributed by atoms with van der Waals surface area (Å²) in [5, 5.41) is 0. The van der Waals surface area contributed by atoms with Crippen LogP contribution in [0.5, 0.6) is 0 Å². The van der Waals surface area contributed by atoms with E-state index in [-0.39, 0.29) is 10.9 Å². The molecule has 0 amide bonds. The fourth-order valence-electron chi connectivity index (χ4n) is 1.39. The number of aromatic nitrogens is 1. The van der Waals surface area contributed by atoms with Gasteiger partial charge in [0.1, 0.15) is 6.61 Å². The van der Waals surface area contributed by atoms with Crippen molar-refractivity contribution in [2.75, 3.05) is 12.4 Å². The number of ether oxygens (including phenoxy) is 1. The van der Waals surface area contributed by atoms with Gasteiger partial charge in [-0.05, 0) is 12.1 Å². The Morgan fingerprint density at radius 1 is 1.42 bits per heavy atom. The van der Waals surface area contributed by atoms with Crippen molar-refractivity contribution in [3.8, 4) is 0 Å². The number of rotatable bonds is 5. The van der Waals surface area contributed by atoms with Crippen molar-refractivity contribution in [3.05, 3.63) is 36.9 Å². The van der Waals surface area contributed by atoms with E-state index >= 15 is 0 Å². The molecular weight excluding hydrogens is 286 g/mol. The van der Waals surface area contributed by atoms with Crippen LogP contribution in [0.3, 0.4) is 0 Å². The molecule has 0 fully saturated rings. The Kier molecular flexibility index (Phi) is 3.96. The van der Waals surface area contributed by atoms with Crippen LogP contribution >= 0.6 is 11.3 Å². The molecule has 1 aromatic heterocycles. The first-order valence-electron chi connectivity index (χ1n) is 5.38. The molecule has 2 aromatic rings. The molecule has 1 heterocycles. The van der Waals surface area contributed by atoms with Gasteiger partial charge in [0, 0.05) is 0 Å². The highest BCUT2D eigenvalue weighted by molar-refractivity contribution is 7.94. The molecule has 0 saturated heterocycles. The number of para-hydroxylation sites is 1. The van der Waals surface area contributed by atoms with Gasteiger partial charge in [0.25, 0.3) is 0 Å². The third-order valence-electron chi connectivity index (χ3n) is 2.21. The van der Waals surface area contributed by atoms with Gasteiger partial charge in [-0.15, -0.1) is 11.3 Å². The highest BCUT2D eigenvalue weighted by Gasteiger charge is 2.24. The maximum Gasteiger partial charge on any atom is 0.321 e. The first-order chi connectivity index (χ1) is 9.03. The molecule has 0 radical (unpaired) electrons. The molecule has 0 atom stereocenters. The number of hydrogen-bond donors (Lipinski definition) is 0. The minimum atomic E-state index is -3.75. The molecule has 0 saturated carbocycles. The zero-order valence-electron chi connectivity index (χ0n) is 9.90. The molecule has 100 valence electrons. The van der Waals surface area contributed by atoms with Gasteiger partial charge in [-0.3, -0.25) is 4.79 Å². The van der Waals surface area contributed by atoms with E-state index in [9.17, 15) is 13.2 Å². The molecule has 0 spiro atoms. The number of nitrogens with zero attached hydrogens (tertiary/aromatic N) is 1. The van der Waals surface area contributed by atoms with Crippen molar-refractivity contribution in [2.24, 2.45) is 0 Å². The summed E-state index contributed by atoms with van der Waals surface area (Å²) in [6.07, 6.45) is 1.38. The zero-order valence-corrected chi connectivity index (χ0v) is 11.5. The van der Waals surface area contributed by atoms with Crippen LogP contribution in [-0.4, -0.2) is 31.7 Å². The summed E-state index contributed by atoms with van der Waals surface area (Å²) in [7, 11) is -3.75. The van der Waals surface area contributed by atoms with Crippen molar-refractivity contribution in [2.45, 2.75) is 4.34 Å². The lowest BCUT2D eigenvalue weighted by Gasteiger charge is -2.01. The predicted molar refractivity (Wildman–Crippen MR) is 72.8 cm³/mol. The molecular formula is C12H11NO4S2. The van der Waals surface area contributed by atoms with E-state index in [1.807, 2.05) is 0 Å². The highest BCUT2D eigenvalue weighted by atomic mass is 32.2. The number of sulfone groups is 1. The van der Waals surface area contributed by atoms with E-state index in [0.29, 0.717) is 5.52 Å². The van der Waals surface area contributed by atoms with Crippen LogP contribution in [0, 0.1) is 0 Å². The number of hydrogen-bond acceptors (Lipinski definition) is 6. The fourth-order valence-corrected chi connectivity index (χ4v) is 3.80. The van der Waals surface area contributed by atoms with Gasteiger partial charge < -0.3 is 4.74 Å². The molecule has 5 nitrogen and oxygen atoms in total. The van der Waals surface area contributed by atoms with Crippen LogP contribution in [0.4, 0.5) is 0 Å². The van der Waals surface area contributed by atoms with Crippen molar-refractivity contribution >= 4 is 37.4 Å². The Hall–Kier alpha value is -1.73. The van der Waals surface area contributed by atoms with Gasteiger partial charge in [0.15, 0.2) is 5.75 Å². The molecule has 19 heavy (non-hydrogen) atoms. The van der Waals surface area contributed by atoms with Crippen molar-refractivity contribution in [1.82, 2.24) is 4.98 Å². The number of carbonyl (C=O) groups excluding carboxylic acids is 1. The second kappa shape index (κ2) is 5.50. The maximum atomic E-state index is 12.0. The van der Waals surface area contributed by atoms with Gasteiger partial charge in [-0.25, -0.2) is 13.4 Å². The molecule has 0 aliphatic rings. The maximum absolute atomic E-state index is 12.0. The minimum Gasteiger partial charge on any atom is -0.461 e. The largest absolute Gasteiger partial charge is 0.461 e. The number of thiazole rings is 1. The Morgan fingerprint density at radius 2 is 2.16 bits per heavy atom. The third-order valence-corrected chi connectivity index (χ3v) is 5.29. The van der Waals surface area contributed by atoms with Crippen molar-refractivity contribution < 1.29 is 17.9 Å². The average Bonchev–Trinajstić information content (AvgIpc) is 2.80. The van der Waals surface area contributed by atoms with Gasteiger partial charge in [-0.1, -0.05) is 24.8 Å². The van der Waals surface area contributed by atoms with Gasteiger partial charge in [0.05, 0.1) is 10.2 Å². The van der Waals surface area contributed by atoms with Crippen molar-refractivity contribution in [3.63, 3.8) is 0 Å². The molecule has 0 unspecified atom stereocenters. The van der Waals surface area contributed by atoms with Crippen molar-refractivity contribution in [1.29, 1.82) is 0 Å².